The number of nitrogens with zero attached hydrogens (tertiary/aromatic N) is 2. The van der Waals surface area contributed by atoms with Crippen LogP contribution in [0.4, 0.5) is 0 Å². The van der Waals surface area contributed by atoms with Crippen LogP contribution in [0.25, 0.3) is 10.8 Å². The van der Waals surface area contributed by atoms with E-state index < -0.39 is 0 Å². The van der Waals surface area contributed by atoms with Gasteiger partial charge in [-0.3, -0.25) is 9.59 Å². The average molecular weight is 342 g/mol. The predicted octanol–water partition coefficient (Wildman–Crippen LogP) is 4.82. The molecule has 0 amide bonds. The smallest absolute Gasteiger partial charge is 0.0423 e. The van der Waals surface area contributed by atoms with Crippen LogP contribution in [-0.2, 0) is 15.0 Å². The van der Waals surface area contributed by atoms with Gasteiger partial charge < -0.3 is 10.8 Å². The molecule has 0 unspecified atom stereocenters. The molecule has 0 heterocycles. The first-order valence-electron chi connectivity index (χ1n) is 7.84. The molecule has 0 N–H and O–H groups in total. The fraction of sp³-hybridized carbons (Fsp3) is 0.0909. The second-order valence-corrected chi connectivity index (χ2v) is 5.41. The van der Waals surface area contributed by atoms with Crippen LogP contribution in [0.15, 0.2) is 91.0 Å². The molecule has 0 saturated heterocycles. The van der Waals surface area contributed by atoms with Gasteiger partial charge in [-0.2, -0.15) is 0 Å². The zero-order valence-electron chi connectivity index (χ0n) is 14.4. The first-order valence-corrected chi connectivity index (χ1v) is 7.84. The van der Waals surface area contributed by atoms with Crippen molar-refractivity contribution >= 4 is 12.2 Å². The molecule has 0 radical (unpaired) electrons. The Hall–Kier alpha value is -3.58. The van der Waals surface area contributed by atoms with E-state index in [2.05, 4.69) is 97.9 Å². The van der Waals surface area contributed by atoms with Gasteiger partial charge in [-0.1, -0.05) is 91.0 Å². The topological polar surface area (TPSA) is 78.7 Å². The lowest BCUT2D eigenvalue weighted by molar-refractivity contribution is 0.568. The Labute approximate surface area is 153 Å². The molecule has 0 aliphatic heterocycles. The molecule has 0 aromatic heterocycles. The van der Waals surface area contributed by atoms with Crippen LogP contribution in [0.1, 0.15) is 23.6 Å². The van der Waals surface area contributed by atoms with E-state index in [9.17, 15) is 0 Å². The average Bonchev–Trinajstić information content (AvgIpc) is 2.71. The molecule has 3 aromatic rings. The molecule has 0 fully saturated rings. The van der Waals surface area contributed by atoms with E-state index in [1.54, 1.807) is 0 Å². The van der Waals surface area contributed by atoms with Crippen molar-refractivity contribution < 1.29 is 9.59 Å². The SMILES string of the molecule is CC(c1ccccc1)(c1ccccc1)c1ccccc1.[N-]=C=O.[N-]=C=O. The summed E-state index contributed by atoms with van der Waals surface area (Å²) in [5.41, 5.74) is 3.83. The number of hydrogen-bond donors (Lipinski definition) is 0. The van der Waals surface area contributed by atoms with Gasteiger partial charge in [0.1, 0.15) is 0 Å². The molecule has 0 atom stereocenters. The number of hydrogen-bond acceptors (Lipinski definition) is 2. The highest BCUT2D eigenvalue weighted by Crippen LogP contribution is 2.38. The highest BCUT2D eigenvalue weighted by molar-refractivity contribution is 5.49. The summed E-state index contributed by atoms with van der Waals surface area (Å²) in [6, 6.07) is 32.1. The van der Waals surface area contributed by atoms with E-state index in [1.807, 2.05) is 0 Å². The summed E-state index contributed by atoms with van der Waals surface area (Å²) in [6.07, 6.45) is 1.00. The van der Waals surface area contributed by atoms with Crippen molar-refractivity contribution in [3.63, 3.8) is 0 Å². The van der Waals surface area contributed by atoms with Crippen molar-refractivity contribution in [2.75, 3.05) is 0 Å². The minimum absolute atomic E-state index is 0.121. The predicted molar refractivity (Wildman–Crippen MR) is 103 cm³/mol. The first-order chi connectivity index (χ1) is 12.6. The van der Waals surface area contributed by atoms with Crippen molar-refractivity contribution in [1.29, 1.82) is 0 Å². The lowest BCUT2D eigenvalue weighted by Gasteiger charge is -2.31. The lowest BCUT2D eigenvalue weighted by Crippen LogP contribution is -2.25. The van der Waals surface area contributed by atoms with Gasteiger partial charge in [0, 0.05) is 5.41 Å². The third-order valence-corrected chi connectivity index (χ3v) is 4.05. The Kier molecular flexibility index (Phi) is 8.70. The Morgan fingerprint density at radius 1 is 0.577 bits per heavy atom. The van der Waals surface area contributed by atoms with E-state index in [0.29, 0.717) is 12.2 Å². The van der Waals surface area contributed by atoms with Gasteiger partial charge in [0.25, 0.3) is 0 Å². The van der Waals surface area contributed by atoms with Gasteiger partial charge in [-0.15, -0.1) is 0 Å². The normalized spacial score (nSPS) is 9.27. The van der Waals surface area contributed by atoms with Crippen molar-refractivity contribution in [1.82, 2.24) is 0 Å². The standard InChI is InChI=1S/C20H18.2CNO/c1-20(17-11-5-2-6-12-17,18-13-7-3-8-14-18)19-15-9-4-10-16-19;2*2-1-3/h2-16H,1H3;;/q;2*-1. The molecule has 26 heavy (non-hydrogen) atoms. The Morgan fingerprint density at radius 2 is 0.769 bits per heavy atom. The maximum atomic E-state index is 8.24. The summed E-state index contributed by atoms with van der Waals surface area (Å²) >= 11 is 0. The maximum Gasteiger partial charge on any atom is 0.0423 e. The summed E-state index contributed by atoms with van der Waals surface area (Å²) in [4.78, 5) is 16.5. The molecular weight excluding hydrogens is 324 g/mol. The summed E-state index contributed by atoms with van der Waals surface area (Å²) in [5.74, 6) is 0. The molecule has 4 heteroatoms. The van der Waals surface area contributed by atoms with Crippen LogP contribution in [0.5, 0.6) is 0 Å². The van der Waals surface area contributed by atoms with Crippen molar-refractivity contribution in [2.24, 2.45) is 0 Å². The van der Waals surface area contributed by atoms with Gasteiger partial charge in [-0.25, -0.2) is 0 Å². The molecule has 4 nitrogen and oxygen atoms in total. The van der Waals surface area contributed by atoms with E-state index in [-0.39, 0.29) is 5.41 Å². The largest absolute Gasteiger partial charge is 0.724 e. The van der Waals surface area contributed by atoms with E-state index in [4.69, 9.17) is 20.4 Å². The molecular formula is C22H18N2O2-2. The fourth-order valence-corrected chi connectivity index (χ4v) is 2.81. The van der Waals surface area contributed by atoms with Gasteiger partial charge in [0.15, 0.2) is 0 Å². The van der Waals surface area contributed by atoms with Crippen molar-refractivity contribution in [3.05, 3.63) is 119 Å². The summed E-state index contributed by atoms with van der Waals surface area (Å²) < 4.78 is 0. The number of benzene rings is 3. The van der Waals surface area contributed by atoms with Gasteiger partial charge in [0.2, 0.25) is 0 Å². The third kappa shape index (κ3) is 5.22. The second-order valence-electron chi connectivity index (χ2n) is 5.41. The van der Waals surface area contributed by atoms with Crippen LogP contribution in [-0.4, -0.2) is 12.2 Å². The second kappa shape index (κ2) is 11.1. The molecule has 0 saturated carbocycles. The summed E-state index contributed by atoms with van der Waals surface area (Å²) in [6.45, 7) is 2.30. The van der Waals surface area contributed by atoms with Crippen LogP contribution < -0.4 is 0 Å². The van der Waals surface area contributed by atoms with E-state index >= 15 is 0 Å². The minimum Gasteiger partial charge on any atom is -0.724 e. The summed E-state index contributed by atoms with van der Waals surface area (Å²) in [5, 5.41) is 13.5. The highest BCUT2D eigenvalue weighted by Gasteiger charge is 2.30. The fourth-order valence-electron chi connectivity index (χ4n) is 2.81. The zero-order valence-corrected chi connectivity index (χ0v) is 14.4. The lowest BCUT2D eigenvalue weighted by atomic mass is 9.71. The highest BCUT2D eigenvalue weighted by atomic mass is 16.1. The molecule has 0 bridgehead atoms. The number of isocyanates is 2. The Morgan fingerprint density at radius 3 is 0.962 bits per heavy atom. The zero-order chi connectivity index (χ0) is 19.3. The van der Waals surface area contributed by atoms with Crippen LogP contribution >= 0.6 is 0 Å². The molecule has 130 valence electrons. The summed E-state index contributed by atoms with van der Waals surface area (Å²) in [7, 11) is 0. The van der Waals surface area contributed by atoms with Gasteiger partial charge in [-0.05, 0) is 35.8 Å². The quantitative estimate of drug-likeness (QED) is 0.388. The molecule has 0 aliphatic carbocycles. The number of rotatable bonds is 3. The van der Waals surface area contributed by atoms with Gasteiger partial charge >= 0.3 is 0 Å². The Balaban J connectivity index is 0.000000499. The molecule has 0 aliphatic rings. The molecule has 0 spiro atoms. The molecule has 3 rings (SSSR count). The Bertz CT molecular complexity index is 726. The molecule has 3 aromatic carbocycles. The van der Waals surface area contributed by atoms with Crippen molar-refractivity contribution in [2.45, 2.75) is 12.3 Å². The monoisotopic (exact) mass is 342 g/mol. The van der Waals surface area contributed by atoms with Crippen LogP contribution in [0.2, 0.25) is 0 Å². The van der Waals surface area contributed by atoms with Gasteiger partial charge in [0.05, 0.1) is 0 Å². The van der Waals surface area contributed by atoms with Crippen LogP contribution in [0, 0.1) is 0 Å². The number of carbonyl (C=O) groups excluding carboxylic acids is 2. The van der Waals surface area contributed by atoms with E-state index in [1.165, 1.54) is 16.7 Å². The van der Waals surface area contributed by atoms with Crippen LogP contribution in [0.3, 0.4) is 0 Å². The first kappa shape index (κ1) is 20.5. The van der Waals surface area contributed by atoms with Crippen molar-refractivity contribution in [3.8, 4) is 0 Å². The maximum absolute atomic E-state index is 8.24. The minimum atomic E-state index is -0.121. The van der Waals surface area contributed by atoms with E-state index in [0.717, 1.165) is 0 Å². The third-order valence-electron chi connectivity index (χ3n) is 4.05.